The second-order valence-electron chi connectivity index (χ2n) is 6.17. The van der Waals surface area contributed by atoms with Crippen LogP contribution in [0.4, 0.5) is 0 Å². The van der Waals surface area contributed by atoms with Crippen molar-refractivity contribution < 1.29 is 4.79 Å². The van der Waals surface area contributed by atoms with E-state index in [2.05, 4.69) is 46.3 Å². The number of carbonyl (C=O) groups is 1. The maximum absolute atomic E-state index is 12.6. The zero-order valence-corrected chi connectivity index (χ0v) is 13.3. The molecule has 0 bridgehead atoms. The molecule has 4 rings (SSSR count). The first-order valence-electron chi connectivity index (χ1n) is 7.99. The number of benzene rings is 1. The van der Waals surface area contributed by atoms with E-state index in [9.17, 15) is 4.79 Å². The molecule has 1 atom stereocenters. The SMILES string of the molecule is CCc1nc2nc3c(cn2n1)C(=O)C[C@H](c1ccc(C)cc1)C3. The number of aryl methyl sites for hydroxylation is 2. The molecule has 0 saturated carbocycles. The summed E-state index contributed by atoms with van der Waals surface area (Å²) in [5.74, 6) is 1.67. The van der Waals surface area contributed by atoms with E-state index in [4.69, 9.17) is 0 Å². The molecule has 0 fully saturated rings. The Kier molecular flexibility index (Phi) is 3.22. The van der Waals surface area contributed by atoms with Gasteiger partial charge in [-0.1, -0.05) is 36.8 Å². The van der Waals surface area contributed by atoms with E-state index in [0.717, 1.165) is 24.4 Å². The van der Waals surface area contributed by atoms with Crippen LogP contribution in [0.2, 0.25) is 0 Å². The third kappa shape index (κ3) is 2.42. The number of hydrogen-bond acceptors (Lipinski definition) is 4. The van der Waals surface area contributed by atoms with Crippen molar-refractivity contribution in [2.24, 2.45) is 0 Å². The zero-order chi connectivity index (χ0) is 16.0. The van der Waals surface area contributed by atoms with E-state index in [0.29, 0.717) is 17.8 Å². The molecule has 1 aromatic carbocycles. The van der Waals surface area contributed by atoms with Crippen LogP contribution in [-0.2, 0) is 12.8 Å². The maximum Gasteiger partial charge on any atom is 0.252 e. The normalized spacial score (nSPS) is 17.5. The third-order valence-electron chi connectivity index (χ3n) is 4.49. The average Bonchev–Trinajstić information content (AvgIpc) is 2.96. The molecule has 0 spiro atoms. The Morgan fingerprint density at radius 3 is 2.70 bits per heavy atom. The smallest absolute Gasteiger partial charge is 0.252 e. The van der Waals surface area contributed by atoms with Gasteiger partial charge in [0, 0.05) is 19.0 Å². The Hall–Kier alpha value is -2.56. The summed E-state index contributed by atoms with van der Waals surface area (Å²) in [4.78, 5) is 21.6. The van der Waals surface area contributed by atoms with Gasteiger partial charge in [0.2, 0.25) is 0 Å². The molecule has 0 unspecified atom stereocenters. The Bertz CT molecular complexity index is 895. The summed E-state index contributed by atoms with van der Waals surface area (Å²) < 4.78 is 1.63. The van der Waals surface area contributed by atoms with E-state index in [1.54, 1.807) is 10.7 Å². The first-order chi connectivity index (χ1) is 11.1. The fraction of sp³-hybridized carbons (Fsp3) is 0.333. The molecule has 0 amide bonds. The third-order valence-corrected chi connectivity index (χ3v) is 4.49. The summed E-state index contributed by atoms with van der Waals surface area (Å²) in [7, 11) is 0. The highest BCUT2D eigenvalue weighted by molar-refractivity contribution is 5.98. The number of Topliss-reactive ketones (excluding diaryl/α,β-unsaturated/α-hetero) is 1. The Morgan fingerprint density at radius 1 is 1.17 bits per heavy atom. The molecule has 1 aliphatic carbocycles. The first kappa shape index (κ1) is 14.1. The van der Waals surface area contributed by atoms with E-state index in [1.165, 1.54) is 11.1 Å². The monoisotopic (exact) mass is 306 g/mol. The molecule has 5 nitrogen and oxygen atoms in total. The molecule has 0 radical (unpaired) electrons. The van der Waals surface area contributed by atoms with Crippen molar-refractivity contribution in [2.75, 3.05) is 0 Å². The van der Waals surface area contributed by atoms with Crippen molar-refractivity contribution in [3.8, 4) is 0 Å². The van der Waals surface area contributed by atoms with Gasteiger partial charge in [-0.2, -0.15) is 4.98 Å². The van der Waals surface area contributed by atoms with Gasteiger partial charge >= 0.3 is 0 Å². The Labute approximate surface area is 134 Å². The summed E-state index contributed by atoms with van der Waals surface area (Å²) >= 11 is 0. The quantitative estimate of drug-likeness (QED) is 0.730. The molecule has 2 aromatic heterocycles. The van der Waals surface area contributed by atoms with E-state index >= 15 is 0 Å². The molecule has 0 saturated heterocycles. The molecule has 3 aromatic rings. The van der Waals surface area contributed by atoms with Crippen LogP contribution in [0.1, 0.15) is 52.3 Å². The van der Waals surface area contributed by atoms with E-state index < -0.39 is 0 Å². The van der Waals surface area contributed by atoms with Crippen molar-refractivity contribution in [1.29, 1.82) is 0 Å². The number of ketones is 1. The summed E-state index contributed by atoms with van der Waals surface area (Å²) in [5.41, 5.74) is 3.96. The van der Waals surface area contributed by atoms with Crippen molar-refractivity contribution in [3.05, 3.63) is 58.7 Å². The van der Waals surface area contributed by atoms with Gasteiger partial charge in [0.05, 0.1) is 11.3 Å². The second kappa shape index (κ2) is 5.26. The molecule has 23 heavy (non-hydrogen) atoms. The van der Waals surface area contributed by atoms with Crippen LogP contribution in [-0.4, -0.2) is 25.4 Å². The molecule has 1 aliphatic rings. The topological polar surface area (TPSA) is 60.1 Å². The predicted octanol–water partition coefficient (Wildman–Crippen LogP) is 2.91. The Morgan fingerprint density at radius 2 is 1.96 bits per heavy atom. The first-order valence-corrected chi connectivity index (χ1v) is 7.99. The maximum atomic E-state index is 12.6. The number of rotatable bonds is 2. The minimum atomic E-state index is 0.139. The van der Waals surface area contributed by atoms with Crippen LogP contribution >= 0.6 is 0 Å². The fourth-order valence-electron chi connectivity index (χ4n) is 3.15. The second-order valence-corrected chi connectivity index (χ2v) is 6.17. The van der Waals surface area contributed by atoms with Crippen molar-refractivity contribution in [2.45, 2.75) is 39.0 Å². The summed E-state index contributed by atoms with van der Waals surface area (Å²) in [6, 6.07) is 8.42. The molecule has 116 valence electrons. The van der Waals surface area contributed by atoms with Crippen LogP contribution in [0, 0.1) is 6.92 Å². The highest BCUT2D eigenvalue weighted by Crippen LogP contribution is 2.32. The molecule has 5 heteroatoms. The number of nitrogens with zero attached hydrogens (tertiary/aromatic N) is 4. The number of carbonyl (C=O) groups excluding carboxylic acids is 1. The minimum Gasteiger partial charge on any atom is -0.294 e. The van der Waals surface area contributed by atoms with Gasteiger partial charge < -0.3 is 0 Å². The van der Waals surface area contributed by atoms with Gasteiger partial charge in [0.25, 0.3) is 5.78 Å². The van der Waals surface area contributed by atoms with Crippen molar-refractivity contribution in [1.82, 2.24) is 19.6 Å². The van der Waals surface area contributed by atoms with Crippen LogP contribution in [0.25, 0.3) is 5.78 Å². The lowest BCUT2D eigenvalue weighted by Crippen LogP contribution is -2.21. The van der Waals surface area contributed by atoms with E-state index in [-0.39, 0.29) is 11.7 Å². The van der Waals surface area contributed by atoms with Crippen molar-refractivity contribution >= 4 is 11.6 Å². The largest absolute Gasteiger partial charge is 0.294 e. The van der Waals surface area contributed by atoms with Crippen LogP contribution < -0.4 is 0 Å². The van der Waals surface area contributed by atoms with Crippen LogP contribution in [0.15, 0.2) is 30.5 Å². The molecular formula is C18H18N4O. The minimum absolute atomic E-state index is 0.139. The van der Waals surface area contributed by atoms with Gasteiger partial charge in [-0.05, 0) is 24.8 Å². The molecule has 0 aliphatic heterocycles. The van der Waals surface area contributed by atoms with Gasteiger partial charge in [-0.15, -0.1) is 5.10 Å². The number of aromatic nitrogens is 4. The highest BCUT2D eigenvalue weighted by atomic mass is 16.1. The van der Waals surface area contributed by atoms with Gasteiger partial charge in [0.15, 0.2) is 11.6 Å². The molecule has 0 N–H and O–H groups in total. The standard InChI is InChI=1S/C18H18N4O/c1-3-17-20-18-19-15-8-13(12-6-4-11(2)5-7-12)9-16(23)14(15)10-22(18)21-17/h4-7,10,13H,3,8-9H2,1-2H3/t13-/m1/s1. The lowest BCUT2D eigenvalue weighted by atomic mass is 9.82. The average molecular weight is 306 g/mol. The number of fused-ring (bicyclic) bond motifs is 2. The van der Waals surface area contributed by atoms with Crippen LogP contribution in [0.3, 0.4) is 0 Å². The summed E-state index contributed by atoms with van der Waals surface area (Å²) in [5, 5.41) is 4.35. The van der Waals surface area contributed by atoms with E-state index in [1.807, 2.05) is 6.92 Å². The summed E-state index contributed by atoms with van der Waals surface area (Å²) in [6.07, 6.45) is 3.85. The predicted molar refractivity (Wildman–Crippen MR) is 86.7 cm³/mol. The summed E-state index contributed by atoms with van der Waals surface area (Å²) in [6.45, 7) is 4.08. The number of hydrogen-bond donors (Lipinski definition) is 0. The lowest BCUT2D eigenvalue weighted by molar-refractivity contribution is 0.0962. The van der Waals surface area contributed by atoms with Gasteiger partial charge in [0.1, 0.15) is 0 Å². The van der Waals surface area contributed by atoms with Crippen LogP contribution in [0.5, 0.6) is 0 Å². The molecule has 2 heterocycles. The van der Waals surface area contributed by atoms with Crippen molar-refractivity contribution in [3.63, 3.8) is 0 Å². The molecular weight excluding hydrogens is 288 g/mol. The zero-order valence-electron chi connectivity index (χ0n) is 13.3. The highest BCUT2D eigenvalue weighted by Gasteiger charge is 2.28. The lowest BCUT2D eigenvalue weighted by Gasteiger charge is -2.23. The fourth-order valence-corrected chi connectivity index (χ4v) is 3.15. The van der Waals surface area contributed by atoms with Gasteiger partial charge in [-0.3, -0.25) is 4.79 Å². The Balaban J connectivity index is 1.75. The van der Waals surface area contributed by atoms with Gasteiger partial charge in [-0.25, -0.2) is 9.50 Å².